The van der Waals surface area contributed by atoms with Crippen molar-refractivity contribution in [1.82, 2.24) is 4.98 Å². The van der Waals surface area contributed by atoms with Gasteiger partial charge in [0.1, 0.15) is 6.61 Å². The molecule has 0 bridgehead atoms. The minimum Gasteiger partial charge on any atom is -0.489 e. The lowest BCUT2D eigenvalue weighted by atomic mass is 10.1. The van der Waals surface area contributed by atoms with Crippen LogP contribution >= 0.6 is 11.3 Å². The zero-order valence-corrected chi connectivity index (χ0v) is 11.2. The van der Waals surface area contributed by atoms with Crippen LogP contribution in [0.2, 0.25) is 0 Å². The molecule has 19 heavy (non-hydrogen) atoms. The Morgan fingerprint density at radius 2 is 2.42 bits per heavy atom. The smallest absolute Gasteiger partial charge is 0.261 e. The third-order valence-electron chi connectivity index (χ3n) is 2.76. The third kappa shape index (κ3) is 2.39. The fourth-order valence-electron chi connectivity index (χ4n) is 1.93. The molecule has 0 fully saturated rings. The molecular formula is C13H13N3O2S. The number of nitrogens with zero attached hydrogens (tertiary/aromatic N) is 1. The normalized spacial score (nSPS) is 13.1. The second-order valence-electron chi connectivity index (χ2n) is 4.21. The van der Waals surface area contributed by atoms with E-state index in [1.165, 1.54) is 11.3 Å². The highest BCUT2D eigenvalue weighted by atomic mass is 32.1. The quantitative estimate of drug-likeness (QED) is 0.884. The predicted octanol–water partition coefficient (Wildman–Crippen LogP) is 2.51. The van der Waals surface area contributed by atoms with Crippen molar-refractivity contribution in [3.8, 4) is 5.75 Å². The van der Waals surface area contributed by atoms with Gasteiger partial charge in [-0.1, -0.05) is 6.07 Å². The van der Waals surface area contributed by atoms with Crippen molar-refractivity contribution in [2.45, 2.75) is 6.92 Å². The number of thiazole rings is 1. The van der Waals surface area contributed by atoms with Crippen LogP contribution in [0.5, 0.6) is 5.75 Å². The topological polar surface area (TPSA) is 63.2 Å². The van der Waals surface area contributed by atoms with E-state index in [0.29, 0.717) is 23.1 Å². The Labute approximate surface area is 114 Å². The van der Waals surface area contributed by atoms with Gasteiger partial charge in [-0.25, -0.2) is 4.98 Å². The lowest BCUT2D eigenvalue weighted by Crippen LogP contribution is -2.21. The molecular weight excluding hydrogens is 262 g/mol. The summed E-state index contributed by atoms with van der Waals surface area (Å²) >= 11 is 1.41. The van der Waals surface area contributed by atoms with Crippen molar-refractivity contribution in [2.75, 3.05) is 23.8 Å². The number of carbonyl (C=O) groups excluding carboxylic acids is 1. The second kappa shape index (κ2) is 4.89. The molecule has 1 aliphatic heterocycles. The average Bonchev–Trinajstić information content (AvgIpc) is 2.83. The zero-order chi connectivity index (χ0) is 13.2. The molecule has 3 rings (SSSR count). The Morgan fingerprint density at radius 1 is 1.53 bits per heavy atom. The Bertz CT molecular complexity index is 624. The number of hydrogen-bond acceptors (Lipinski definition) is 5. The fraction of sp³-hybridized carbons (Fsp3) is 0.231. The lowest BCUT2D eigenvalue weighted by Gasteiger charge is -2.21. The first-order valence-electron chi connectivity index (χ1n) is 5.97. The summed E-state index contributed by atoms with van der Waals surface area (Å²) in [5, 5.41) is 8.50. The van der Waals surface area contributed by atoms with Gasteiger partial charge in [-0.2, -0.15) is 0 Å². The van der Waals surface area contributed by atoms with Gasteiger partial charge in [0.25, 0.3) is 5.91 Å². The number of carbonyl (C=O) groups is 1. The average molecular weight is 275 g/mol. The van der Waals surface area contributed by atoms with Gasteiger partial charge < -0.3 is 10.1 Å². The van der Waals surface area contributed by atoms with E-state index < -0.39 is 0 Å². The van der Waals surface area contributed by atoms with Gasteiger partial charge in [-0.05, 0) is 19.1 Å². The Morgan fingerprint density at radius 3 is 3.21 bits per heavy atom. The summed E-state index contributed by atoms with van der Waals surface area (Å²) < 4.78 is 5.58. The highest BCUT2D eigenvalue weighted by Gasteiger charge is 2.19. The molecule has 0 aliphatic carbocycles. The number of aromatic nitrogens is 1. The van der Waals surface area contributed by atoms with Crippen molar-refractivity contribution in [3.05, 3.63) is 34.8 Å². The molecule has 0 atom stereocenters. The van der Waals surface area contributed by atoms with Gasteiger partial charge in [-0.15, -0.1) is 11.3 Å². The number of aryl methyl sites for hydroxylation is 1. The molecule has 1 aliphatic rings. The third-order valence-corrected chi connectivity index (χ3v) is 3.64. The summed E-state index contributed by atoms with van der Waals surface area (Å²) in [6.45, 7) is 3.21. The maximum atomic E-state index is 12.2. The number of rotatable bonds is 2. The molecule has 0 saturated carbocycles. The molecule has 0 radical (unpaired) electrons. The molecule has 0 saturated heterocycles. The van der Waals surface area contributed by atoms with E-state index in [1.807, 2.05) is 24.4 Å². The van der Waals surface area contributed by atoms with E-state index >= 15 is 0 Å². The summed E-state index contributed by atoms with van der Waals surface area (Å²) in [5.41, 5.74) is 2.28. The molecule has 1 aromatic heterocycles. The standard InChI is InChI=1S/C13H13N3O2S/c1-8-7-19-13(15-8)16-12(17)9-3-2-4-10-11(9)18-6-5-14-10/h2-4,7,14H,5-6H2,1H3,(H,15,16,17). The molecule has 2 heterocycles. The van der Waals surface area contributed by atoms with Gasteiger partial charge in [0.2, 0.25) is 0 Å². The van der Waals surface area contributed by atoms with Crippen molar-refractivity contribution in [1.29, 1.82) is 0 Å². The van der Waals surface area contributed by atoms with E-state index in [4.69, 9.17) is 4.74 Å². The SMILES string of the molecule is Cc1csc(NC(=O)c2cccc3c2OCCN3)n1. The number of para-hydroxylation sites is 1. The van der Waals surface area contributed by atoms with Crippen LogP contribution in [0, 0.1) is 6.92 Å². The van der Waals surface area contributed by atoms with E-state index in [0.717, 1.165) is 17.9 Å². The molecule has 0 spiro atoms. The molecule has 6 heteroatoms. The maximum Gasteiger partial charge on any atom is 0.261 e. The minimum absolute atomic E-state index is 0.199. The first kappa shape index (κ1) is 12.0. The second-order valence-corrected chi connectivity index (χ2v) is 5.06. The Balaban J connectivity index is 1.87. The number of nitrogens with one attached hydrogen (secondary N) is 2. The summed E-state index contributed by atoms with van der Waals surface area (Å²) in [5.74, 6) is 0.412. The molecule has 2 N–H and O–H groups in total. The van der Waals surface area contributed by atoms with Crippen LogP contribution in [-0.2, 0) is 0 Å². The number of ether oxygens (including phenoxy) is 1. The molecule has 5 nitrogen and oxygen atoms in total. The summed E-state index contributed by atoms with van der Waals surface area (Å²) in [7, 11) is 0. The Kier molecular flexibility index (Phi) is 3.08. The van der Waals surface area contributed by atoms with Crippen molar-refractivity contribution >= 4 is 28.1 Å². The zero-order valence-electron chi connectivity index (χ0n) is 10.4. The van der Waals surface area contributed by atoms with Gasteiger partial charge >= 0.3 is 0 Å². The fourth-order valence-corrected chi connectivity index (χ4v) is 2.61. The maximum absolute atomic E-state index is 12.2. The number of hydrogen-bond donors (Lipinski definition) is 2. The number of anilines is 2. The van der Waals surface area contributed by atoms with Crippen LogP contribution < -0.4 is 15.4 Å². The van der Waals surface area contributed by atoms with Crippen molar-refractivity contribution in [3.63, 3.8) is 0 Å². The van der Waals surface area contributed by atoms with Gasteiger partial charge in [0.15, 0.2) is 10.9 Å². The summed E-state index contributed by atoms with van der Waals surface area (Å²) in [6.07, 6.45) is 0. The lowest BCUT2D eigenvalue weighted by molar-refractivity contribution is 0.102. The van der Waals surface area contributed by atoms with Crippen LogP contribution in [-0.4, -0.2) is 24.0 Å². The van der Waals surface area contributed by atoms with Crippen molar-refractivity contribution < 1.29 is 9.53 Å². The van der Waals surface area contributed by atoms with Crippen LogP contribution in [0.3, 0.4) is 0 Å². The van der Waals surface area contributed by atoms with E-state index in [1.54, 1.807) is 6.07 Å². The molecule has 98 valence electrons. The Hall–Kier alpha value is -2.08. The summed E-state index contributed by atoms with van der Waals surface area (Å²) in [6, 6.07) is 5.49. The van der Waals surface area contributed by atoms with Crippen LogP contribution in [0.4, 0.5) is 10.8 Å². The number of benzene rings is 1. The van der Waals surface area contributed by atoms with Gasteiger partial charge in [0, 0.05) is 11.9 Å². The van der Waals surface area contributed by atoms with Gasteiger partial charge in [0.05, 0.1) is 16.9 Å². The first-order chi connectivity index (χ1) is 9.24. The number of fused-ring (bicyclic) bond motifs is 1. The number of amides is 1. The summed E-state index contributed by atoms with van der Waals surface area (Å²) in [4.78, 5) is 16.5. The van der Waals surface area contributed by atoms with E-state index in [-0.39, 0.29) is 5.91 Å². The van der Waals surface area contributed by atoms with Gasteiger partial charge in [-0.3, -0.25) is 10.1 Å². The molecule has 2 aromatic rings. The first-order valence-corrected chi connectivity index (χ1v) is 6.85. The van der Waals surface area contributed by atoms with Crippen LogP contribution in [0.25, 0.3) is 0 Å². The monoisotopic (exact) mass is 275 g/mol. The van der Waals surface area contributed by atoms with E-state index in [2.05, 4.69) is 15.6 Å². The largest absolute Gasteiger partial charge is 0.489 e. The van der Waals surface area contributed by atoms with Crippen LogP contribution in [0.1, 0.15) is 16.1 Å². The predicted molar refractivity (Wildman–Crippen MR) is 75.2 cm³/mol. The van der Waals surface area contributed by atoms with E-state index in [9.17, 15) is 4.79 Å². The minimum atomic E-state index is -0.199. The van der Waals surface area contributed by atoms with Crippen LogP contribution in [0.15, 0.2) is 23.6 Å². The highest BCUT2D eigenvalue weighted by Crippen LogP contribution is 2.31. The molecule has 1 amide bonds. The molecule has 0 unspecified atom stereocenters. The highest BCUT2D eigenvalue weighted by molar-refractivity contribution is 7.13. The van der Waals surface area contributed by atoms with Crippen molar-refractivity contribution in [2.24, 2.45) is 0 Å². The molecule has 1 aromatic carbocycles.